The van der Waals surface area contributed by atoms with Gasteiger partial charge in [0.2, 0.25) is 0 Å². The van der Waals surface area contributed by atoms with Crippen LogP contribution < -0.4 is 0 Å². The molecule has 0 N–H and O–H groups in total. The SMILES string of the molecule is C=CCP(C)(CCCC)(CCCC)CCCCCCCCCCCCCCCCC. The van der Waals surface area contributed by atoms with Crippen LogP contribution in [0.25, 0.3) is 0 Å². The molecule has 0 atom stereocenters. The molecule has 0 saturated carbocycles. The molecule has 0 radical (unpaired) electrons. The summed E-state index contributed by atoms with van der Waals surface area (Å²) in [6.07, 6.45) is 35.8. The van der Waals surface area contributed by atoms with Crippen molar-refractivity contribution in [3.05, 3.63) is 12.7 Å². The Bertz CT molecular complexity index is 365. The Morgan fingerprint density at radius 1 is 0.467 bits per heavy atom. The molecule has 182 valence electrons. The van der Waals surface area contributed by atoms with E-state index in [0.717, 1.165) is 0 Å². The Morgan fingerprint density at radius 3 is 1.10 bits per heavy atom. The van der Waals surface area contributed by atoms with Crippen LogP contribution in [-0.2, 0) is 0 Å². The molecule has 0 aromatic rings. The van der Waals surface area contributed by atoms with Gasteiger partial charge in [-0.2, -0.15) is 0 Å². The smallest absolute Gasteiger partial charge is 0.0654 e. The van der Waals surface area contributed by atoms with E-state index in [0.29, 0.717) is 0 Å². The molecule has 0 aliphatic rings. The predicted octanol–water partition coefficient (Wildman–Crippen LogP) is 10.8. The second-order valence-corrected chi connectivity index (χ2v) is 17.8. The Kier molecular flexibility index (Phi) is 19.9. The molecular weight excluding hydrogens is 379 g/mol. The summed E-state index contributed by atoms with van der Waals surface area (Å²) in [5.41, 5.74) is 0. The molecule has 0 fully saturated rings. The van der Waals surface area contributed by atoms with Crippen molar-refractivity contribution < 1.29 is 0 Å². The van der Waals surface area contributed by atoms with E-state index in [2.05, 4.69) is 40.1 Å². The van der Waals surface area contributed by atoms with Crippen LogP contribution in [0.15, 0.2) is 12.7 Å². The first-order valence-electron chi connectivity index (χ1n) is 14.1. The molecule has 0 saturated heterocycles. The molecule has 0 aromatic carbocycles. The molecule has 0 heterocycles. The third kappa shape index (κ3) is 15.9. The van der Waals surface area contributed by atoms with Crippen molar-refractivity contribution in [2.75, 3.05) is 31.3 Å². The van der Waals surface area contributed by atoms with Crippen molar-refractivity contribution in [1.82, 2.24) is 0 Å². The summed E-state index contributed by atoms with van der Waals surface area (Å²) in [4.78, 5) is 0. The van der Waals surface area contributed by atoms with Crippen LogP contribution in [0.5, 0.6) is 0 Å². The monoisotopic (exact) mass is 440 g/mol. The summed E-state index contributed by atoms with van der Waals surface area (Å²) in [5.74, 6) is 0. The Morgan fingerprint density at radius 2 is 0.767 bits per heavy atom. The molecule has 1 heteroatoms. The van der Waals surface area contributed by atoms with Crippen molar-refractivity contribution in [3.8, 4) is 0 Å². The number of unbranched alkanes of at least 4 members (excludes halogenated alkanes) is 16. The second kappa shape index (κ2) is 19.8. The van der Waals surface area contributed by atoms with Crippen molar-refractivity contribution in [2.24, 2.45) is 0 Å². The van der Waals surface area contributed by atoms with Gasteiger partial charge in [0.1, 0.15) is 0 Å². The van der Waals surface area contributed by atoms with E-state index in [9.17, 15) is 0 Å². The summed E-state index contributed by atoms with van der Waals surface area (Å²) >= 11 is 0. The molecule has 0 amide bonds. The van der Waals surface area contributed by atoms with Gasteiger partial charge in [0.25, 0.3) is 0 Å². The molecule has 0 aromatic heterocycles. The summed E-state index contributed by atoms with van der Waals surface area (Å²) in [6.45, 7) is 12.4. The van der Waals surface area contributed by atoms with Crippen LogP contribution >= 0.6 is 6.60 Å². The van der Waals surface area contributed by atoms with Gasteiger partial charge < -0.3 is 0 Å². The number of hydrogen-bond acceptors (Lipinski definition) is 0. The average Bonchev–Trinajstić information content (AvgIpc) is 2.74. The molecule has 0 spiro atoms. The van der Waals surface area contributed by atoms with Gasteiger partial charge in [0.05, 0.1) is 0 Å². The second-order valence-electron chi connectivity index (χ2n) is 10.9. The molecular formula is C29H61P. The van der Waals surface area contributed by atoms with E-state index in [-0.39, 0.29) is 0 Å². The van der Waals surface area contributed by atoms with E-state index in [1.54, 1.807) is 0 Å². The third-order valence-corrected chi connectivity index (χ3v) is 14.1. The zero-order valence-electron chi connectivity index (χ0n) is 22.0. The van der Waals surface area contributed by atoms with Gasteiger partial charge in [0, 0.05) is 0 Å². The van der Waals surface area contributed by atoms with E-state index >= 15 is 0 Å². The van der Waals surface area contributed by atoms with Gasteiger partial charge in [-0.1, -0.05) is 32.6 Å². The summed E-state index contributed by atoms with van der Waals surface area (Å²) in [5, 5.41) is 0. The minimum atomic E-state index is -1.55. The van der Waals surface area contributed by atoms with Crippen LogP contribution in [0.1, 0.15) is 143 Å². The van der Waals surface area contributed by atoms with Gasteiger partial charge in [-0.3, -0.25) is 0 Å². The molecule has 0 bridgehead atoms. The quantitative estimate of drug-likeness (QED) is 0.0795. The van der Waals surface area contributed by atoms with E-state index in [1.807, 2.05) is 0 Å². The maximum absolute atomic E-state index is 4.16. The third-order valence-electron chi connectivity index (χ3n) is 7.58. The van der Waals surface area contributed by atoms with Gasteiger partial charge in [-0.15, -0.1) is 0 Å². The van der Waals surface area contributed by atoms with Gasteiger partial charge in [-0.05, 0) is 0 Å². The van der Waals surface area contributed by atoms with Crippen LogP contribution in [0.4, 0.5) is 0 Å². The summed E-state index contributed by atoms with van der Waals surface area (Å²) in [7, 11) is 0. The van der Waals surface area contributed by atoms with E-state index in [4.69, 9.17) is 0 Å². The molecule has 0 rings (SSSR count). The molecule has 0 aliphatic carbocycles. The number of hydrogen-bond donors (Lipinski definition) is 0. The van der Waals surface area contributed by atoms with Crippen LogP contribution in [0.3, 0.4) is 0 Å². The van der Waals surface area contributed by atoms with Crippen molar-refractivity contribution in [2.45, 2.75) is 143 Å². The van der Waals surface area contributed by atoms with E-state index in [1.165, 1.54) is 147 Å². The van der Waals surface area contributed by atoms with Crippen molar-refractivity contribution >= 4 is 6.60 Å². The average molecular weight is 441 g/mol. The topological polar surface area (TPSA) is 0 Å². The minimum absolute atomic E-state index is 1.34. The Hall–Kier alpha value is 0.170. The first-order chi connectivity index (χ1) is 14.5. The maximum atomic E-state index is 4.16. The first-order valence-corrected chi connectivity index (χ1v) is 17.6. The van der Waals surface area contributed by atoms with Crippen LogP contribution in [-0.4, -0.2) is 31.3 Å². The molecule has 0 unspecified atom stereocenters. The van der Waals surface area contributed by atoms with E-state index < -0.39 is 6.60 Å². The molecule has 30 heavy (non-hydrogen) atoms. The fourth-order valence-corrected chi connectivity index (χ4v) is 11.1. The zero-order valence-corrected chi connectivity index (χ0v) is 22.9. The van der Waals surface area contributed by atoms with Crippen molar-refractivity contribution in [1.29, 1.82) is 0 Å². The fourth-order valence-electron chi connectivity index (χ4n) is 5.29. The fraction of sp³-hybridized carbons (Fsp3) is 0.931. The predicted molar refractivity (Wildman–Crippen MR) is 147 cm³/mol. The first kappa shape index (κ1) is 30.2. The van der Waals surface area contributed by atoms with Gasteiger partial charge in [-0.25, -0.2) is 0 Å². The van der Waals surface area contributed by atoms with Crippen molar-refractivity contribution in [3.63, 3.8) is 0 Å². The van der Waals surface area contributed by atoms with Gasteiger partial charge >= 0.3 is 161 Å². The standard InChI is InChI=1S/C29H61P/c1-6-10-13-14-15-16-17-18-19-20-21-22-23-24-25-29-30(5,26-9-4,27-11-7-2)28-12-8-3/h9H,4,6-8,10-29H2,1-3,5H3. The molecule has 0 aliphatic heterocycles. The molecule has 0 nitrogen and oxygen atoms in total. The van der Waals surface area contributed by atoms with Crippen LogP contribution in [0, 0.1) is 0 Å². The normalized spacial score (nSPS) is 13.3. The minimum Gasteiger partial charge on any atom is -0.0654 e. The summed E-state index contributed by atoms with van der Waals surface area (Å²) < 4.78 is 0. The van der Waals surface area contributed by atoms with Crippen LogP contribution in [0.2, 0.25) is 0 Å². The number of rotatable bonds is 24. The summed E-state index contributed by atoms with van der Waals surface area (Å²) in [6, 6.07) is 0. The Balaban J connectivity index is 3.85. The number of allylic oxidation sites excluding steroid dienone is 1. The zero-order chi connectivity index (χ0) is 22.4. The Labute approximate surface area is 193 Å². The van der Waals surface area contributed by atoms with Gasteiger partial charge in [0.15, 0.2) is 0 Å².